The Hall–Kier alpha value is -0.820. The summed E-state index contributed by atoms with van der Waals surface area (Å²) in [5.74, 6) is 0.147. The van der Waals surface area contributed by atoms with Crippen molar-refractivity contribution in [3.05, 3.63) is 0 Å². The van der Waals surface area contributed by atoms with E-state index in [9.17, 15) is 13.2 Å². The van der Waals surface area contributed by atoms with Crippen molar-refractivity contribution >= 4 is 5.84 Å². The summed E-state index contributed by atoms with van der Waals surface area (Å²) in [5, 5.41) is 7.16. The van der Waals surface area contributed by atoms with Crippen molar-refractivity contribution in [3.63, 3.8) is 0 Å². The number of ether oxygens (including phenoxy) is 1. The number of rotatable bonds is 9. The third-order valence-electron chi connectivity index (χ3n) is 2.73. The summed E-state index contributed by atoms with van der Waals surface area (Å²) in [5.41, 5.74) is 5.29. The quantitative estimate of drug-likeness (QED) is 0.380. The Morgan fingerprint density at radius 2 is 2.00 bits per heavy atom. The van der Waals surface area contributed by atoms with Crippen LogP contribution in [0.1, 0.15) is 25.7 Å². The lowest BCUT2D eigenvalue weighted by Gasteiger charge is -2.21. The lowest BCUT2D eigenvalue weighted by atomic mass is 10.3. The molecule has 0 aromatic heterocycles. The molecule has 0 unspecified atom stereocenters. The number of hydrogen-bond acceptors (Lipinski definition) is 3. The van der Waals surface area contributed by atoms with Crippen molar-refractivity contribution < 1.29 is 17.9 Å². The summed E-state index contributed by atoms with van der Waals surface area (Å²) in [6.45, 7) is 0.349. The first-order chi connectivity index (χ1) is 8.38. The van der Waals surface area contributed by atoms with E-state index in [2.05, 4.69) is 9.64 Å². The average molecular weight is 267 g/mol. The van der Waals surface area contributed by atoms with Gasteiger partial charge in [-0.15, -0.1) is 0 Å². The smallest absolute Gasteiger partial charge is 0.388 e. The predicted octanol–water partition coefficient (Wildman–Crippen LogP) is 1.75. The second-order valence-electron chi connectivity index (χ2n) is 4.56. The van der Waals surface area contributed by atoms with Gasteiger partial charge in [-0.1, -0.05) is 0 Å². The molecule has 0 amide bonds. The Bertz CT molecular complexity index is 267. The fourth-order valence-corrected chi connectivity index (χ4v) is 1.74. The Balaban J connectivity index is 2.08. The van der Waals surface area contributed by atoms with Gasteiger partial charge in [0, 0.05) is 32.2 Å². The Kier molecular flexibility index (Phi) is 5.87. The van der Waals surface area contributed by atoms with Gasteiger partial charge in [0.25, 0.3) is 0 Å². The Morgan fingerprint density at radius 3 is 2.50 bits per heavy atom. The van der Waals surface area contributed by atoms with E-state index in [1.807, 2.05) is 0 Å². The van der Waals surface area contributed by atoms with Gasteiger partial charge in [-0.3, -0.25) is 10.3 Å². The number of nitrogens with one attached hydrogen (secondary N) is 1. The predicted molar refractivity (Wildman–Crippen MR) is 62.6 cm³/mol. The molecule has 4 nitrogen and oxygen atoms in total. The maximum absolute atomic E-state index is 11.8. The van der Waals surface area contributed by atoms with E-state index in [0.29, 0.717) is 32.0 Å². The fourth-order valence-electron chi connectivity index (χ4n) is 1.74. The molecule has 1 aliphatic carbocycles. The molecule has 0 aromatic carbocycles. The number of alkyl halides is 3. The lowest BCUT2D eigenvalue weighted by Crippen LogP contribution is -2.31. The SMILES string of the molecule is N=C(N)CCN(CCCOCC(F)(F)F)C1CC1. The lowest BCUT2D eigenvalue weighted by molar-refractivity contribution is -0.174. The van der Waals surface area contributed by atoms with Gasteiger partial charge in [0.2, 0.25) is 0 Å². The van der Waals surface area contributed by atoms with Gasteiger partial charge < -0.3 is 10.5 Å². The van der Waals surface area contributed by atoms with Gasteiger partial charge in [0.05, 0.1) is 5.84 Å². The van der Waals surface area contributed by atoms with Gasteiger partial charge in [-0.25, -0.2) is 0 Å². The second kappa shape index (κ2) is 6.94. The van der Waals surface area contributed by atoms with Gasteiger partial charge >= 0.3 is 6.18 Å². The van der Waals surface area contributed by atoms with E-state index >= 15 is 0 Å². The zero-order chi connectivity index (χ0) is 13.6. The molecular weight excluding hydrogens is 247 g/mol. The number of amidine groups is 1. The van der Waals surface area contributed by atoms with Crippen LogP contribution in [-0.2, 0) is 4.74 Å². The molecule has 1 saturated carbocycles. The largest absolute Gasteiger partial charge is 0.411 e. The minimum absolute atomic E-state index is 0.114. The number of nitrogens with two attached hydrogens (primary N) is 1. The highest BCUT2D eigenvalue weighted by Crippen LogP contribution is 2.26. The van der Waals surface area contributed by atoms with E-state index in [0.717, 1.165) is 12.8 Å². The van der Waals surface area contributed by atoms with Crippen LogP contribution < -0.4 is 5.73 Å². The molecule has 0 heterocycles. The summed E-state index contributed by atoms with van der Waals surface area (Å²) in [6.07, 6.45) is -0.905. The molecule has 106 valence electrons. The number of halogens is 3. The highest BCUT2D eigenvalue weighted by Gasteiger charge is 2.29. The molecule has 7 heteroatoms. The van der Waals surface area contributed by atoms with Crippen LogP contribution in [0, 0.1) is 5.41 Å². The molecule has 0 bridgehead atoms. The summed E-state index contributed by atoms with van der Waals surface area (Å²) < 4.78 is 40.0. The molecule has 0 aliphatic heterocycles. The highest BCUT2D eigenvalue weighted by atomic mass is 19.4. The molecular formula is C11H20F3N3O. The van der Waals surface area contributed by atoms with E-state index in [4.69, 9.17) is 11.1 Å². The van der Waals surface area contributed by atoms with Crippen LogP contribution in [0.5, 0.6) is 0 Å². The van der Waals surface area contributed by atoms with Crippen LogP contribution in [-0.4, -0.2) is 49.3 Å². The first-order valence-electron chi connectivity index (χ1n) is 6.10. The third-order valence-corrected chi connectivity index (χ3v) is 2.73. The van der Waals surface area contributed by atoms with Crippen LogP contribution in [0.4, 0.5) is 13.2 Å². The minimum atomic E-state index is -4.25. The van der Waals surface area contributed by atoms with Crippen LogP contribution in [0.15, 0.2) is 0 Å². The number of nitrogens with zero attached hydrogens (tertiary/aromatic N) is 1. The van der Waals surface area contributed by atoms with Crippen LogP contribution in [0.25, 0.3) is 0 Å². The second-order valence-corrected chi connectivity index (χ2v) is 4.56. The van der Waals surface area contributed by atoms with E-state index in [-0.39, 0.29) is 12.4 Å². The van der Waals surface area contributed by atoms with E-state index < -0.39 is 12.8 Å². The Morgan fingerprint density at radius 1 is 1.33 bits per heavy atom. The molecule has 1 fully saturated rings. The summed E-state index contributed by atoms with van der Waals surface area (Å²) in [7, 11) is 0. The highest BCUT2D eigenvalue weighted by molar-refractivity contribution is 5.76. The molecule has 1 aliphatic rings. The van der Waals surface area contributed by atoms with Crippen molar-refractivity contribution in [2.45, 2.75) is 37.9 Å². The number of hydrogen-bond donors (Lipinski definition) is 2. The van der Waals surface area contributed by atoms with Gasteiger partial charge in [-0.05, 0) is 19.3 Å². The molecule has 0 atom stereocenters. The van der Waals surface area contributed by atoms with Crippen molar-refractivity contribution in [1.82, 2.24) is 4.90 Å². The van der Waals surface area contributed by atoms with Gasteiger partial charge in [0.15, 0.2) is 0 Å². The third kappa shape index (κ3) is 7.50. The molecule has 0 aromatic rings. The summed E-state index contributed by atoms with van der Waals surface area (Å²) in [4.78, 5) is 2.18. The van der Waals surface area contributed by atoms with Crippen molar-refractivity contribution in [3.8, 4) is 0 Å². The van der Waals surface area contributed by atoms with E-state index in [1.165, 1.54) is 0 Å². The molecule has 3 N–H and O–H groups in total. The first-order valence-corrected chi connectivity index (χ1v) is 6.10. The standard InChI is InChI=1S/C11H20F3N3O/c12-11(13,14)8-18-7-1-5-17(9-2-3-9)6-4-10(15)16/h9H,1-8H2,(H3,15,16). The van der Waals surface area contributed by atoms with E-state index in [1.54, 1.807) is 0 Å². The fraction of sp³-hybridized carbons (Fsp3) is 0.909. The molecule has 0 radical (unpaired) electrons. The average Bonchev–Trinajstić information content (AvgIpc) is 3.03. The van der Waals surface area contributed by atoms with Gasteiger partial charge in [-0.2, -0.15) is 13.2 Å². The van der Waals surface area contributed by atoms with Crippen LogP contribution in [0.3, 0.4) is 0 Å². The summed E-state index contributed by atoms with van der Waals surface area (Å²) >= 11 is 0. The molecule has 18 heavy (non-hydrogen) atoms. The molecule has 0 spiro atoms. The summed E-state index contributed by atoms with van der Waals surface area (Å²) in [6, 6.07) is 0.520. The van der Waals surface area contributed by atoms with Crippen molar-refractivity contribution in [2.24, 2.45) is 5.73 Å². The van der Waals surface area contributed by atoms with Crippen molar-refractivity contribution in [2.75, 3.05) is 26.3 Å². The maximum Gasteiger partial charge on any atom is 0.411 e. The first kappa shape index (κ1) is 15.2. The normalized spacial score (nSPS) is 16.2. The maximum atomic E-state index is 11.8. The van der Waals surface area contributed by atoms with Crippen LogP contribution >= 0.6 is 0 Å². The Labute approximate surface area is 105 Å². The topological polar surface area (TPSA) is 62.3 Å². The zero-order valence-electron chi connectivity index (χ0n) is 10.3. The monoisotopic (exact) mass is 267 g/mol. The zero-order valence-corrected chi connectivity index (χ0v) is 10.3. The van der Waals surface area contributed by atoms with Crippen molar-refractivity contribution in [1.29, 1.82) is 5.41 Å². The molecule has 0 saturated heterocycles. The molecule has 1 rings (SSSR count). The van der Waals surface area contributed by atoms with Crippen LogP contribution in [0.2, 0.25) is 0 Å². The minimum Gasteiger partial charge on any atom is -0.388 e. The van der Waals surface area contributed by atoms with Gasteiger partial charge in [0.1, 0.15) is 6.61 Å².